The minimum atomic E-state index is 0.645. The third kappa shape index (κ3) is 3.13. The fraction of sp³-hybridized carbons (Fsp3) is 0.455. The lowest BCUT2D eigenvalue weighted by atomic mass is 9.79. The number of likely N-dealkylation sites (tertiary alicyclic amines) is 1. The van der Waals surface area contributed by atoms with Gasteiger partial charge in [-0.15, -0.1) is 11.3 Å². The van der Waals surface area contributed by atoms with E-state index in [1.54, 1.807) is 7.11 Å². The maximum Gasteiger partial charge on any atom is 0.212 e. The number of benzene rings is 1. The van der Waals surface area contributed by atoms with Crippen LogP contribution < -0.4 is 4.74 Å². The maximum absolute atomic E-state index is 5.15. The van der Waals surface area contributed by atoms with Crippen LogP contribution in [0.5, 0.6) is 5.88 Å². The summed E-state index contributed by atoms with van der Waals surface area (Å²) >= 11 is 1.87. The lowest BCUT2D eigenvalue weighted by Crippen LogP contribution is -2.45. The second-order valence-corrected chi connectivity index (χ2v) is 8.94. The molecule has 1 atom stereocenters. The highest BCUT2D eigenvalue weighted by Gasteiger charge is 2.39. The van der Waals surface area contributed by atoms with Crippen molar-refractivity contribution in [1.82, 2.24) is 14.9 Å². The van der Waals surface area contributed by atoms with Crippen molar-refractivity contribution in [3.8, 4) is 17.0 Å². The molecule has 0 spiro atoms. The van der Waals surface area contributed by atoms with Gasteiger partial charge in [0.25, 0.3) is 0 Å². The number of rotatable bonds is 4. The third-order valence-electron chi connectivity index (χ3n) is 6.22. The highest BCUT2D eigenvalue weighted by atomic mass is 32.1. The molecule has 27 heavy (non-hydrogen) atoms. The van der Waals surface area contributed by atoms with Gasteiger partial charge in [0.15, 0.2) is 0 Å². The Labute approximate surface area is 164 Å². The fourth-order valence-electron chi connectivity index (χ4n) is 4.53. The van der Waals surface area contributed by atoms with Gasteiger partial charge in [0.05, 0.1) is 22.3 Å². The Kier molecular flexibility index (Phi) is 4.37. The highest BCUT2D eigenvalue weighted by Crippen LogP contribution is 2.44. The number of hydrogen-bond donors (Lipinski definition) is 0. The Bertz CT molecular complexity index is 946. The van der Waals surface area contributed by atoms with Crippen molar-refractivity contribution < 1.29 is 4.74 Å². The number of methoxy groups -OCH3 is 1. The second-order valence-electron chi connectivity index (χ2n) is 7.88. The molecule has 5 rings (SSSR count). The number of aromatic nitrogens is 2. The number of ether oxygens (including phenoxy) is 1. The summed E-state index contributed by atoms with van der Waals surface area (Å²) in [5.74, 6) is 1.29. The average molecular weight is 380 g/mol. The number of pyridine rings is 1. The summed E-state index contributed by atoms with van der Waals surface area (Å²) in [6.45, 7) is 3.67. The first-order valence-corrected chi connectivity index (χ1v) is 10.7. The van der Waals surface area contributed by atoms with Gasteiger partial charge in [-0.2, -0.15) is 0 Å². The van der Waals surface area contributed by atoms with Crippen LogP contribution in [0, 0.1) is 0 Å². The Morgan fingerprint density at radius 3 is 2.70 bits per heavy atom. The van der Waals surface area contributed by atoms with Gasteiger partial charge in [0.2, 0.25) is 5.88 Å². The number of fused-ring (bicyclic) bond motifs is 1. The molecule has 0 amide bonds. The summed E-state index contributed by atoms with van der Waals surface area (Å²) in [6, 6.07) is 12.1. The van der Waals surface area contributed by atoms with E-state index in [1.807, 2.05) is 23.6 Å². The smallest absolute Gasteiger partial charge is 0.212 e. The van der Waals surface area contributed by atoms with Crippen molar-refractivity contribution >= 4 is 21.6 Å². The van der Waals surface area contributed by atoms with Crippen LogP contribution >= 0.6 is 11.3 Å². The van der Waals surface area contributed by atoms with Crippen molar-refractivity contribution in [3.63, 3.8) is 0 Å². The zero-order chi connectivity index (χ0) is 18.4. The van der Waals surface area contributed by atoms with E-state index < -0.39 is 0 Å². The summed E-state index contributed by atoms with van der Waals surface area (Å²) in [6.07, 6.45) is 7.16. The Balaban J connectivity index is 1.34. The minimum Gasteiger partial charge on any atom is -0.481 e. The van der Waals surface area contributed by atoms with E-state index in [0.29, 0.717) is 11.8 Å². The van der Waals surface area contributed by atoms with Gasteiger partial charge in [-0.1, -0.05) is 6.07 Å². The first-order chi connectivity index (χ1) is 13.2. The molecule has 1 aliphatic carbocycles. The van der Waals surface area contributed by atoms with Crippen LogP contribution in [0.15, 0.2) is 36.5 Å². The van der Waals surface area contributed by atoms with Gasteiger partial charge in [-0.25, -0.2) is 9.97 Å². The SMILES string of the molecule is COc1ccc(-c2ccc3nc([C@H]4C[C@H](N5CCC[C@@H]5C)C4)sc3c2)cn1. The second kappa shape index (κ2) is 6.88. The maximum atomic E-state index is 5.15. The van der Waals surface area contributed by atoms with Gasteiger partial charge in [-0.3, -0.25) is 4.90 Å². The van der Waals surface area contributed by atoms with E-state index >= 15 is 0 Å². The van der Waals surface area contributed by atoms with E-state index in [2.05, 4.69) is 41.1 Å². The molecule has 5 heteroatoms. The van der Waals surface area contributed by atoms with Crippen LogP contribution in [0.1, 0.15) is 43.5 Å². The molecule has 4 nitrogen and oxygen atoms in total. The van der Waals surface area contributed by atoms with E-state index in [4.69, 9.17) is 9.72 Å². The number of hydrogen-bond acceptors (Lipinski definition) is 5. The molecule has 0 bridgehead atoms. The largest absolute Gasteiger partial charge is 0.481 e. The molecule has 2 aromatic heterocycles. The Morgan fingerprint density at radius 2 is 2.00 bits per heavy atom. The predicted octanol–water partition coefficient (Wildman–Crippen LogP) is 5.10. The van der Waals surface area contributed by atoms with Gasteiger partial charge in [-0.05, 0) is 62.9 Å². The zero-order valence-electron chi connectivity index (χ0n) is 15.9. The third-order valence-corrected chi connectivity index (χ3v) is 7.40. The molecule has 3 heterocycles. The van der Waals surface area contributed by atoms with Gasteiger partial charge in [0.1, 0.15) is 0 Å². The van der Waals surface area contributed by atoms with Crippen molar-refractivity contribution in [2.24, 2.45) is 0 Å². The lowest BCUT2D eigenvalue weighted by molar-refractivity contribution is 0.103. The van der Waals surface area contributed by atoms with Crippen molar-refractivity contribution in [2.75, 3.05) is 13.7 Å². The van der Waals surface area contributed by atoms with E-state index in [1.165, 1.54) is 47.5 Å². The first kappa shape index (κ1) is 17.1. The normalized spacial score (nSPS) is 25.6. The predicted molar refractivity (Wildman–Crippen MR) is 111 cm³/mol. The molecule has 0 radical (unpaired) electrons. The molecule has 3 aromatic rings. The van der Waals surface area contributed by atoms with Gasteiger partial charge >= 0.3 is 0 Å². The standard InChI is InChI=1S/C22H25N3OS/c1-14-4-3-9-25(14)18-10-17(11-18)22-24-19-7-5-15(12-20(19)27-22)16-6-8-21(26-2)23-13-16/h5-8,12-14,17-18H,3-4,9-11H2,1-2H3/t14-,17-,18-/m0/s1. The Hall–Kier alpha value is -1.98. The van der Waals surface area contributed by atoms with Crippen LogP contribution in [-0.2, 0) is 0 Å². The fourth-order valence-corrected chi connectivity index (χ4v) is 5.66. The molecule has 1 saturated carbocycles. The summed E-state index contributed by atoms with van der Waals surface area (Å²) in [5.41, 5.74) is 3.42. The molecule has 1 aliphatic heterocycles. The van der Waals surface area contributed by atoms with E-state index in [9.17, 15) is 0 Å². The zero-order valence-corrected chi connectivity index (χ0v) is 16.7. The van der Waals surface area contributed by atoms with Crippen molar-refractivity contribution in [2.45, 2.75) is 50.6 Å². The van der Waals surface area contributed by atoms with Crippen LogP contribution in [0.25, 0.3) is 21.3 Å². The van der Waals surface area contributed by atoms with Crippen LogP contribution in [0.2, 0.25) is 0 Å². The molecular weight excluding hydrogens is 354 g/mol. The van der Waals surface area contributed by atoms with Gasteiger partial charge < -0.3 is 4.74 Å². The Morgan fingerprint density at radius 1 is 1.15 bits per heavy atom. The average Bonchev–Trinajstić information content (AvgIpc) is 3.26. The molecule has 0 unspecified atom stereocenters. The summed E-state index contributed by atoms with van der Waals surface area (Å²) in [7, 11) is 1.64. The first-order valence-electron chi connectivity index (χ1n) is 9.88. The molecule has 2 aliphatic rings. The molecule has 1 aromatic carbocycles. The number of thiazole rings is 1. The molecule has 2 fully saturated rings. The molecular formula is C22H25N3OS. The lowest BCUT2D eigenvalue weighted by Gasteiger charge is -2.42. The van der Waals surface area contributed by atoms with Crippen LogP contribution in [0.3, 0.4) is 0 Å². The van der Waals surface area contributed by atoms with Crippen LogP contribution in [0.4, 0.5) is 0 Å². The summed E-state index contributed by atoms with van der Waals surface area (Å²) in [5, 5.41) is 1.32. The quantitative estimate of drug-likeness (QED) is 0.632. The van der Waals surface area contributed by atoms with E-state index in [-0.39, 0.29) is 0 Å². The van der Waals surface area contributed by atoms with Crippen molar-refractivity contribution in [1.29, 1.82) is 0 Å². The molecule has 0 N–H and O–H groups in total. The van der Waals surface area contributed by atoms with Crippen molar-refractivity contribution in [3.05, 3.63) is 41.5 Å². The molecule has 1 saturated heterocycles. The number of nitrogens with zero attached hydrogens (tertiary/aromatic N) is 3. The van der Waals surface area contributed by atoms with E-state index in [0.717, 1.165) is 23.2 Å². The van der Waals surface area contributed by atoms with Crippen LogP contribution in [-0.4, -0.2) is 40.6 Å². The molecule has 140 valence electrons. The summed E-state index contributed by atoms with van der Waals surface area (Å²) < 4.78 is 6.43. The monoisotopic (exact) mass is 379 g/mol. The van der Waals surface area contributed by atoms with Gasteiger partial charge in [0, 0.05) is 35.8 Å². The summed E-state index contributed by atoms with van der Waals surface area (Å²) in [4.78, 5) is 12.0. The minimum absolute atomic E-state index is 0.645. The highest BCUT2D eigenvalue weighted by molar-refractivity contribution is 7.18. The topological polar surface area (TPSA) is 38.2 Å².